The van der Waals surface area contributed by atoms with E-state index in [9.17, 15) is 9.59 Å². The third-order valence-corrected chi connectivity index (χ3v) is 5.99. The van der Waals surface area contributed by atoms with Crippen LogP contribution in [-0.2, 0) is 4.79 Å². The molecule has 0 spiro atoms. The second kappa shape index (κ2) is 6.45. The molecule has 2 fully saturated rings. The first kappa shape index (κ1) is 16.9. The second-order valence-corrected chi connectivity index (χ2v) is 8.30. The van der Waals surface area contributed by atoms with Gasteiger partial charge in [-0.15, -0.1) is 11.3 Å². The minimum atomic E-state index is -0.525. The fourth-order valence-electron chi connectivity index (χ4n) is 3.28. The first-order valence-corrected chi connectivity index (χ1v) is 9.94. The van der Waals surface area contributed by atoms with Gasteiger partial charge in [0.05, 0.1) is 16.8 Å². The molecule has 0 bridgehead atoms. The third kappa shape index (κ3) is 2.93. The van der Waals surface area contributed by atoms with Gasteiger partial charge in [-0.3, -0.25) is 10.1 Å². The zero-order valence-electron chi connectivity index (χ0n) is 15.2. The van der Waals surface area contributed by atoms with Crippen LogP contribution in [0.1, 0.15) is 29.7 Å². The predicted molar refractivity (Wildman–Crippen MR) is 107 cm³/mol. The normalized spacial score (nSPS) is 18.4. The molecule has 2 aliphatic rings. The van der Waals surface area contributed by atoms with Gasteiger partial charge in [0.25, 0.3) is 5.91 Å². The molecule has 1 aliphatic carbocycles. The van der Waals surface area contributed by atoms with Gasteiger partial charge in [-0.25, -0.2) is 9.78 Å². The molecule has 4 heterocycles. The molecule has 8 nitrogen and oxygen atoms in total. The molecular weight excluding hydrogens is 376 g/mol. The van der Waals surface area contributed by atoms with Crippen LogP contribution < -0.4 is 16.0 Å². The van der Waals surface area contributed by atoms with Crippen LogP contribution in [0.3, 0.4) is 0 Å². The first-order valence-electron chi connectivity index (χ1n) is 9.13. The highest BCUT2D eigenvalue weighted by atomic mass is 32.1. The highest BCUT2D eigenvalue weighted by Crippen LogP contribution is 2.31. The number of rotatable bonds is 4. The van der Waals surface area contributed by atoms with E-state index in [4.69, 9.17) is 4.98 Å². The summed E-state index contributed by atoms with van der Waals surface area (Å²) < 4.78 is 1.75. The molecule has 9 heteroatoms. The monoisotopic (exact) mass is 394 g/mol. The Balaban J connectivity index is 1.64. The summed E-state index contributed by atoms with van der Waals surface area (Å²) in [6.07, 6.45) is 6.77. The summed E-state index contributed by atoms with van der Waals surface area (Å²) in [4.78, 5) is 30.3. The van der Waals surface area contributed by atoms with Crippen molar-refractivity contribution in [3.8, 4) is 10.6 Å². The van der Waals surface area contributed by atoms with Gasteiger partial charge in [0.2, 0.25) is 0 Å². The van der Waals surface area contributed by atoms with E-state index in [2.05, 4.69) is 40.1 Å². The van der Waals surface area contributed by atoms with E-state index in [1.807, 2.05) is 6.07 Å². The molecule has 3 N–H and O–H groups in total. The smallest absolute Gasteiger partial charge is 0.326 e. The van der Waals surface area contributed by atoms with E-state index in [0.29, 0.717) is 17.3 Å². The van der Waals surface area contributed by atoms with Gasteiger partial charge in [-0.2, -0.15) is 9.61 Å². The van der Waals surface area contributed by atoms with Gasteiger partial charge in [-0.1, -0.05) is 0 Å². The molecule has 3 aromatic heterocycles. The van der Waals surface area contributed by atoms with Crippen molar-refractivity contribution in [2.24, 2.45) is 0 Å². The second-order valence-electron chi connectivity index (χ2n) is 7.01. The number of nitrogens with one attached hydrogen (secondary N) is 3. The number of carbonyl (C=O) groups is 2. The summed E-state index contributed by atoms with van der Waals surface area (Å²) in [5.41, 5.74) is 2.34. The van der Waals surface area contributed by atoms with Crippen molar-refractivity contribution < 1.29 is 9.59 Å². The molecule has 5 rings (SSSR count). The van der Waals surface area contributed by atoms with Gasteiger partial charge >= 0.3 is 6.03 Å². The molecule has 3 amide bonds. The largest absolute Gasteiger partial charge is 0.367 e. The van der Waals surface area contributed by atoms with Crippen LogP contribution in [0.25, 0.3) is 22.3 Å². The van der Waals surface area contributed by atoms with Crippen LogP contribution in [0.5, 0.6) is 0 Å². The minimum Gasteiger partial charge on any atom is -0.367 e. The van der Waals surface area contributed by atoms with E-state index in [1.165, 1.54) is 11.3 Å². The number of hydrogen-bond acceptors (Lipinski definition) is 6. The third-order valence-electron chi connectivity index (χ3n) is 4.97. The Bertz CT molecular complexity index is 1140. The Morgan fingerprint density at radius 2 is 2.14 bits per heavy atom. The number of thiophene rings is 1. The maximum Gasteiger partial charge on any atom is 0.326 e. The number of amides is 3. The molecule has 1 saturated carbocycles. The minimum absolute atomic E-state index is 0.188. The van der Waals surface area contributed by atoms with Gasteiger partial charge < -0.3 is 10.6 Å². The molecule has 142 valence electrons. The number of aryl methyl sites for hydroxylation is 1. The molecular formula is C19H18N6O2S. The van der Waals surface area contributed by atoms with Gasteiger partial charge in [0, 0.05) is 22.5 Å². The van der Waals surface area contributed by atoms with E-state index in [1.54, 1.807) is 28.1 Å². The van der Waals surface area contributed by atoms with Crippen molar-refractivity contribution in [3.05, 3.63) is 40.5 Å². The van der Waals surface area contributed by atoms with Crippen LogP contribution in [0.2, 0.25) is 0 Å². The predicted octanol–water partition coefficient (Wildman–Crippen LogP) is 2.91. The zero-order chi connectivity index (χ0) is 19.3. The SMILES string of the molecule is Cc1ccc(-c2cc(NC3CCC3)n3ncc(/C=C4\NC(=O)NC4=O)c3n2)s1. The van der Waals surface area contributed by atoms with Crippen molar-refractivity contribution >= 4 is 40.8 Å². The van der Waals surface area contributed by atoms with Gasteiger partial charge in [-0.05, 0) is 44.4 Å². The van der Waals surface area contributed by atoms with Gasteiger partial charge in [0.15, 0.2) is 5.65 Å². The van der Waals surface area contributed by atoms with E-state index >= 15 is 0 Å². The molecule has 28 heavy (non-hydrogen) atoms. The Labute approximate surface area is 164 Å². The van der Waals surface area contributed by atoms with Crippen LogP contribution in [0, 0.1) is 6.92 Å². The Morgan fingerprint density at radius 1 is 1.29 bits per heavy atom. The van der Waals surface area contributed by atoms with Crippen molar-refractivity contribution in [1.82, 2.24) is 25.2 Å². The van der Waals surface area contributed by atoms with Crippen molar-refractivity contribution in [3.63, 3.8) is 0 Å². The maximum atomic E-state index is 11.9. The number of urea groups is 1. The summed E-state index contributed by atoms with van der Waals surface area (Å²) in [5.74, 6) is 0.419. The highest BCUT2D eigenvalue weighted by Gasteiger charge is 2.24. The molecule has 0 atom stereocenters. The number of fused-ring (bicyclic) bond motifs is 1. The Hall–Kier alpha value is -3.20. The van der Waals surface area contributed by atoms with Gasteiger partial charge in [0.1, 0.15) is 11.5 Å². The number of hydrogen-bond donors (Lipinski definition) is 3. The fraction of sp³-hybridized carbons (Fsp3) is 0.263. The van der Waals surface area contributed by atoms with E-state index < -0.39 is 11.9 Å². The molecule has 1 saturated heterocycles. The zero-order valence-corrected chi connectivity index (χ0v) is 16.0. The van der Waals surface area contributed by atoms with Crippen LogP contribution >= 0.6 is 11.3 Å². The molecule has 0 aromatic carbocycles. The summed E-state index contributed by atoms with van der Waals surface area (Å²) in [7, 11) is 0. The van der Waals surface area contributed by atoms with Crippen LogP contribution in [0.4, 0.5) is 10.6 Å². The first-order chi connectivity index (χ1) is 13.6. The molecule has 1 aliphatic heterocycles. The average molecular weight is 394 g/mol. The summed E-state index contributed by atoms with van der Waals surface area (Å²) in [6, 6.07) is 6.07. The number of carbonyl (C=O) groups excluding carboxylic acids is 2. The van der Waals surface area contributed by atoms with Crippen molar-refractivity contribution in [2.45, 2.75) is 32.2 Å². The number of aromatic nitrogens is 3. The summed E-state index contributed by atoms with van der Waals surface area (Å²) in [6.45, 7) is 2.07. The Morgan fingerprint density at radius 3 is 2.79 bits per heavy atom. The number of anilines is 1. The van der Waals surface area contributed by atoms with Crippen molar-refractivity contribution in [2.75, 3.05) is 5.32 Å². The number of nitrogens with zero attached hydrogens (tertiary/aromatic N) is 3. The van der Waals surface area contributed by atoms with Crippen LogP contribution in [0.15, 0.2) is 30.1 Å². The maximum absolute atomic E-state index is 11.9. The lowest BCUT2D eigenvalue weighted by Crippen LogP contribution is -2.28. The lowest BCUT2D eigenvalue weighted by molar-refractivity contribution is -0.115. The quantitative estimate of drug-likeness (QED) is 0.467. The summed E-state index contributed by atoms with van der Waals surface area (Å²) in [5, 5.41) is 12.7. The van der Waals surface area contributed by atoms with Crippen molar-refractivity contribution in [1.29, 1.82) is 0 Å². The fourth-order valence-corrected chi connectivity index (χ4v) is 4.11. The molecule has 0 unspecified atom stereocenters. The van der Waals surface area contributed by atoms with Crippen LogP contribution in [-0.4, -0.2) is 32.6 Å². The van der Waals surface area contributed by atoms with E-state index in [-0.39, 0.29) is 5.70 Å². The van der Waals surface area contributed by atoms with E-state index in [0.717, 1.165) is 29.2 Å². The lowest BCUT2D eigenvalue weighted by atomic mass is 9.93. The standard InChI is InChI=1S/C19H18N6O2S/c1-10-5-6-15(28-10)13-8-16(21-12-3-2-4-12)25-17(22-13)11(9-20-25)7-14-18(26)24-19(27)23-14/h5-9,12,21H,2-4H2,1H3,(H2,23,24,26,27)/b14-7-. The summed E-state index contributed by atoms with van der Waals surface area (Å²) >= 11 is 1.68. The lowest BCUT2D eigenvalue weighted by Gasteiger charge is -2.27. The molecule has 3 aromatic rings. The topological polar surface area (TPSA) is 100 Å². The average Bonchev–Trinajstić information content (AvgIpc) is 3.31. The number of imide groups is 1. The molecule has 0 radical (unpaired) electrons. The Kier molecular flexibility index (Phi) is 3.90. The highest BCUT2D eigenvalue weighted by molar-refractivity contribution is 7.15.